The molecule has 12 heteroatoms. The lowest BCUT2D eigenvalue weighted by atomic mass is 10.1. The molecule has 0 spiro atoms. The van der Waals surface area contributed by atoms with Crippen LogP contribution in [0.5, 0.6) is 0 Å². The molecule has 0 fully saturated rings. The van der Waals surface area contributed by atoms with Crippen molar-refractivity contribution < 1.29 is 32.4 Å². The summed E-state index contributed by atoms with van der Waals surface area (Å²) in [7, 11) is 0. The molecule has 0 aliphatic rings. The average molecular weight is 459 g/mol. The Morgan fingerprint density at radius 1 is 1.20 bits per heavy atom. The molecule has 3 aromatic rings. The van der Waals surface area contributed by atoms with E-state index in [0.29, 0.717) is 11.5 Å². The van der Waals surface area contributed by atoms with Crippen LogP contribution in [0.4, 0.5) is 24.5 Å². The van der Waals surface area contributed by atoms with E-state index in [-0.39, 0.29) is 9.90 Å². The summed E-state index contributed by atoms with van der Waals surface area (Å²) in [5, 5.41) is 13.4. The van der Waals surface area contributed by atoms with Crippen molar-refractivity contribution in [1.82, 2.24) is 0 Å². The molecule has 0 saturated heterocycles. The molecule has 0 bridgehead atoms. The Balaban J connectivity index is 1.72. The number of nitrogens with zero attached hydrogens (tertiary/aromatic N) is 1. The number of hydrogen-bond donors (Lipinski definition) is 1. The second kappa shape index (κ2) is 8.28. The zero-order valence-electron chi connectivity index (χ0n) is 14.7. The minimum Gasteiger partial charge on any atom is -0.451 e. The van der Waals surface area contributed by atoms with E-state index in [2.05, 4.69) is 0 Å². The van der Waals surface area contributed by atoms with E-state index < -0.39 is 46.5 Å². The van der Waals surface area contributed by atoms with Gasteiger partial charge in [-0.25, -0.2) is 4.79 Å². The molecule has 2 aromatic carbocycles. The molecule has 7 nitrogen and oxygen atoms in total. The van der Waals surface area contributed by atoms with Crippen LogP contribution < -0.4 is 5.32 Å². The van der Waals surface area contributed by atoms with Crippen LogP contribution >= 0.6 is 22.9 Å². The van der Waals surface area contributed by atoms with Gasteiger partial charge < -0.3 is 10.1 Å². The van der Waals surface area contributed by atoms with Gasteiger partial charge in [0.15, 0.2) is 6.61 Å². The Kier molecular flexibility index (Phi) is 5.94. The minimum atomic E-state index is -4.95. The van der Waals surface area contributed by atoms with E-state index in [0.717, 1.165) is 28.2 Å². The van der Waals surface area contributed by atoms with Gasteiger partial charge in [-0.2, -0.15) is 13.2 Å². The Morgan fingerprint density at radius 3 is 2.53 bits per heavy atom. The highest BCUT2D eigenvalue weighted by Crippen LogP contribution is 2.37. The molecule has 30 heavy (non-hydrogen) atoms. The van der Waals surface area contributed by atoms with Gasteiger partial charge in [0.2, 0.25) is 0 Å². The van der Waals surface area contributed by atoms with Gasteiger partial charge >= 0.3 is 12.1 Å². The van der Waals surface area contributed by atoms with Gasteiger partial charge in [0, 0.05) is 22.2 Å². The Hall–Kier alpha value is -3.18. The zero-order valence-corrected chi connectivity index (χ0v) is 16.2. The number of fused-ring (bicyclic) bond motifs is 1. The van der Waals surface area contributed by atoms with Gasteiger partial charge in [0.25, 0.3) is 11.6 Å². The fraction of sp³-hybridized carbons (Fsp3) is 0.111. The van der Waals surface area contributed by atoms with E-state index >= 15 is 0 Å². The third-order valence-corrected chi connectivity index (χ3v) is 5.50. The Bertz CT molecular complexity index is 1160. The topological polar surface area (TPSA) is 98.5 Å². The predicted octanol–water partition coefficient (Wildman–Crippen LogP) is 5.28. The van der Waals surface area contributed by atoms with Crippen molar-refractivity contribution in [2.24, 2.45) is 0 Å². The smallest absolute Gasteiger partial charge is 0.418 e. The van der Waals surface area contributed by atoms with Crippen molar-refractivity contribution >= 4 is 56.3 Å². The number of nitro benzene ring substituents is 1. The number of carbonyl (C=O) groups excluding carboxylic acids is 2. The van der Waals surface area contributed by atoms with Gasteiger partial charge in [0.05, 0.1) is 21.2 Å². The second-order valence-corrected chi connectivity index (χ2v) is 7.28. The van der Waals surface area contributed by atoms with Crippen LogP contribution in [0.3, 0.4) is 0 Å². The number of carbonyl (C=O) groups is 2. The van der Waals surface area contributed by atoms with Crippen LogP contribution in [0.25, 0.3) is 10.1 Å². The molecular weight excluding hydrogens is 449 g/mol. The first-order valence-electron chi connectivity index (χ1n) is 8.07. The number of anilines is 1. The van der Waals surface area contributed by atoms with Gasteiger partial charge in [0.1, 0.15) is 4.88 Å². The SMILES string of the molecule is O=C(COC(=O)c1sc2ccccc2c1Cl)Nc1ccc([N+](=O)[O-])cc1C(F)(F)F. The number of thiophene rings is 1. The zero-order chi connectivity index (χ0) is 22.1. The van der Waals surface area contributed by atoms with Crippen molar-refractivity contribution in [2.45, 2.75) is 6.18 Å². The molecule has 1 heterocycles. The van der Waals surface area contributed by atoms with Crippen LogP contribution in [-0.4, -0.2) is 23.4 Å². The number of benzene rings is 2. The summed E-state index contributed by atoms with van der Waals surface area (Å²) in [4.78, 5) is 34.0. The van der Waals surface area contributed by atoms with Crippen molar-refractivity contribution in [1.29, 1.82) is 0 Å². The van der Waals surface area contributed by atoms with Crippen molar-refractivity contribution in [3.8, 4) is 0 Å². The molecule has 1 amide bonds. The largest absolute Gasteiger partial charge is 0.451 e. The summed E-state index contributed by atoms with van der Waals surface area (Å²) in [5.74, 6) is -1.96. The maximum atomic E-state index is 13.2. The number of amides is 1. The first kappa shape index (κ1) is 21.5. The molecule has 3 rings (SSSR count). The first-order chi connectivity index (χ1) is 14.1. The van der Waals surface area contributed by atoms with E-state index in [1.54, 1.807) is 24.3 Å². The quantitative estimate of drug-likeness (QED) is 0.319. The minimum absolute atomic E-state index is 0.0528. The monoisotopic (exact) mass is 458 g/mol. The first-order valence-corrected chi connectivity index (χ1v) is 9.27. The number of hydrogen-bond acceptors (Lipinski definition) is 6. The number of non-ortho nitro benzene ring substituents is 1. The highest BCUT2D eigenvalue weighted by Gasteiger charge is 2.35. The van der Waals surface area contributed by atoms with E-state index in [1.165, 1.54) is 0 Å². The lowest BCUT2D eigenvalue weighted by Gasteiger charge is -2.13. The van der Waals surface area contributed by atoms with Gasteiger partial charge in [-0.05, 0) is 12.1 Å². The summed E-state index contributed by atoms with van der Waals surface area (Å²) in [6, 6.07) is 8.79. The maximum absolute atomic E-state index is 13.2. The molecule has 0 atom stereocenters. The second-order valence-electron chi connectivity index (χ2n) is 5.85. The number of ether oxygens (including phenoxy) is 1. The summed E-state index contributed by atoms with van der Waals surface area (Å²) < 4.78 is 45.0. The lowest BCUT2D eigenvalue weighted by molar-refractivity contribution is -0.385. The average Bonchev–Trinajstić information content (AvgIpc) is 3.02. The Labute approximate surface area is 175 Å². The summed E-state index contributed by atoms with van der Waals surface area (Å²) >= 11 is 7.18. The number of nitrogens with one attached hydrogen (secondary N) is 1. The summed E-state index contributed by atoms with van der Waals surface area (Å²) in [6.07, 6.45) is -4.95. The molecule has 0 aliphatic heterocycles. The fourth-order valence-corrected chi connectivity index (χ4v) is 3.92. The highest BCUT2D eigenvalue weighted by atomic mass is 35.5. The van der Waals surface area contributed by atoms with Gasteiger partial charge in [-0.15, -0.1) is 11.3 Å². The predicted molar refractivity (Wildman–Crippen MR) is 104 cm³/mol. The third kappa shape index (κ3) is 4.52. The van der Waals surface area contributed by atoms with E-state index in [1.807, 2.05) is 5.32 Å². The van der Waals surface area contributed by atoms with Crippen LogP contribution in [0.2, 0.25) is 5.02 Å². The highest BCUT2D eigenvalue weighted by molar-refractivity contribution is 7.21. The third-order valence-electron chi connectivity index (χ3n) is 3.85. The van der Waals surface area contributed by atoms with E-state index in [9.17, 15) is 32.9 Å². The van der Waals surface area contributed by atoms with Crippen molar-refractivity contribution in [2.75, 3.05) is 11.9 Å². The number of alkyl halides is 3. The normalized spacial score (nSPS) is 11.3. The number of nitro groups is 1. The summed E-state index contributed by atoms with van der Waals surface area (Å²) in [6.45, 7) is -0.877. The van der Waals surface area contributed by atoms with Gasteiger partial charge in [-0.3, -0.25) is 14.9 Å². The van der Waals surface area contributed by atoms with Gasteiger partial charge in [-0.1, -0.05) is 29.8 Å². The van der Waals surface area contributed by atoms with Crippen LogP contribution in [0.1, 0.15) is 15.2 Å². The molecule has 0 radical (unpaired) electrons. The number of halogens is 4. The van der Waals surface area contributed by atoms with Crippen LogP contribution in [0, 0.1) is 10.1 Å². The molecule has 156 valence electrons. The number of esters is 1. The van der Waals surface area contributed by atoms with Crippen LogP contribution in [-0.2, 0) is 15.7 Å². The van der Waals surface area contributed by atoms with Crippen molar-refractivity contribution in [3.05, 3.63) is 68.0 Å². The Morgan fingerprint density at radius 2 is 1.90 bits per heavy atom. The number of rotatable bonds is 5. The fourth-order valence-electron chi connectivity index (χ4n) is 2.52. The van der Waals surface area contributed by atoms with E-state index in [4.69, 9.17) is 16.3 Å². The molecule has 0 aliphatic carbocycles. The lowest BCUT2D eigenvalue weighted by Crippen LogP contribution is -2.22. The molecular formula is C18H10ClF3N2O5S. The molecule has 0 unspecified atom stereocenters. The van der Waals surface area contributed by atoms with Crippen LogP contribution in [0.15, 0.2) is 42.5 Å². The molecule has 0 saturated carbocycles. The summed E-state index contributed by atoms with van der Waals surface area (Å²) in [5.41, 5.74) is -2.89. The maximum Gasteiger partial charge on any atom is 0.418 e. The molecule has 1 aromatic heterocycles. The standard InChI is InChI=1S/C18H10ClF3N2O5S/c19-15-10-3-1-2-4-13(10)30-16(15)17(26)29-8-14(25)23-12-6-5-9(24(27)28)7-11(12)18(20,21)22/h1-7H,8H2,(H,23,25). The van der Waals surface area contributed by atoms with Crippen molar-refractivity contribution in [3.63, 3.8) is 0 Å². The molecule has 1 N–H and O–H groups in total.